The van der Waals surface area contributed by atoms with Gasteiger partial charge in [0, 0.05) is 34.1 Å². The van der Waals surface area contributed by atoms with Crippen LogP contribution in [0.25, 0.3) is 11.1 Å². The molecule has 0 fully saturated rings. The summed E-state index contributed by atoms with van der Waals surface area (Å²) in [5.74, 6) is -2.73. The second-order valence-electron chi connectivity index (χ2n) is 8.97. The number of carboxylic acid groups (broad SMARTS) is 1. The molecule has 1 aliphatic rings. The quantitative estimate of drug-likeness (QED) is 0.387. The molecule has 2 atom stereocenters. The number of nitrogens with one attached hydrogen (secondary N) is 1. The molecule has 37 heavy (non-hydrogen) atoms. The van der Waals surface area contributed by atoms with E-state index in [9.17, 15) is 28.7 Å². The summed E-state index contributed by atoms with van der Waals surface area (Å²) in [6.07, 6.45) is 0.120. The number of carboxylic acids is 1. The number of benzene rings is 3. The van der Waals surface area contributed by atoms with Gasteiger partial charge in [0.25, 0.3) is 5.91 Å². The number of hydrogen-bond donors (Lipinski definition) is 2. The van der Waals surface area contributed by atoms with E-state index in [1.54, 1.807) is 36.4 Å². The Labute approximate surface area is 221 Å². The van der Waals surface area contributed by atoms with Crippen LogP contribution in [0.3, 0.4) is 0 Å². The van der Waals surface area contributed by atoms with Crippen LogP contribution in [0, 0.1) is 5.82 Å². The molecule has 1 heterocycles. The van der Waals surface area contributed by atoms with Crippen LogP contribution in [-0.4, -0.2) is 45.7 Å². The van der Waals surface area contributed by atoms with Gasteiger partial charge in [-0.1, -0.05) is 40.2 Å². The van der Waals surface area contributed by atoms with Gasteiger partial charge in [0.1, 0.15) is 17.9 Å². The largest absolute Gasteiger partial charge is 0.480 e. The number of carbonyl (C=O) groups is 4. The predicted octanol–water partition coefficient (Wildman–Crippen LogP) is 4.61. The summed E-state index contributed by atoms with van der Waals surface area (Å²) < 4.78 is 15.3. The van der Waals surface area contributed by atoms with Gasteiger partial charge in [-0.15, -0.1) is 0 Å². The number of ketones is 1. The van der Waals surface area contributed by atoms with Crippen molar-refractivity contribution < 1.29 is 28.7 Å². The maximum atomic E-state index is 14.5. The summed E-state index contributed by atoms with van der Waals surface area (Å²) in [4.78, 5) is 50.8. The van der Waals surface area contributed by atoms with Gasteiger partial charge in [-0.05, 0) is 66.9 Å². The monoisotopic (exact) mass is 566 g/mol. The minimum atomic E-state index is -1.19. The van der Waals surface area contributed by atoms with Gasteiger partial charge >= 0.3 is 5.97 Å². The van der Waals surface area contributed by atoms with Gasteiger partial charge in [0.2, 0.25) is 5.91 Å². The molecule has 0 spiro atoms. The molecule has 2 amide bonds. The Morgan fingerprint density at radius 3 is 2.41 bits per heavy atom. The molecule has 0 radical (unpaired) electrons. The maximum absolute atomic E-state index is 14.5. The van der Waals surface area contributed by atoms with Crippen molar-refractivity contribution in [1.29, 1.82) is 0 Å². The number of aliphatic carboxylic acids is 1. The number of hydrogen-bond acceptors (Lipinski definition) is 4. The molecule has 2 N–H and O–H groups in total. The first kappa shape index (κ1) is 26.2. The summed E-state index contributed by atoms with van der Waals surface area (Å²) in [6, 6.07) is 14.1. The van der Waals surface area contributed by atoms with Crippen LogP contribution in [0.15, 0.2) is 65.1 Å². The third kappa shape index (κ3) is 5.61. The van der Waals surface area contributed by atoms with E-state index in [1.165, 1.54) is 36.9 Å². The molecule has 0 aromatic heterocycles. The number of fused-ring (bicyclic) bond motifs is 1. The van der Waals surface area contributed by atoms with E-state index in [-0.39, 0.29) is 30.2 Å². The SMILES string of the molecule is CC(=O)c1ccc(F)c(-c2ccc(C[C@@H](C(=O)N[C@@H](C)C(=O)O)N3Cc4cc(Br)ccc4C3=O)cc2)c1. The van der Waals surface area contributed by atoms with Crippen LogP contribution in [0.2, 0.25) is 0 Å². The summed E-state index contributed by atoms with van der Waals surface area (Å²) in [5.41, 5.74) is 3.17. The zero-order chi connectivity index (χ0) is 26.9. The minimum Gasteiger partial charge on any atom is -0.480 e. The highest BCUT2D eigenvalue weighted by Crippen LogP contribution is 2.30. The van der Waals surface area contributed by atoms with E-state index in [0.717, 1.165) is 10.0 Å². The zero-order valence-electron chi connectivity index (χ0n) is 20.1. The molecule has 3 aromatic carbocycles. The lowest BCUT2D eigenvalue weighted by atomic mass is 9.97. The highest BCUT2D eigenvalue weighted by molar-refractivity contribution is 9.10. The van der Waals surface area contributed by atoms with Crippen LogP contribution in [0.5, 0.6) is 0 Å². The molecule has 0 bridgehead atoms. The third-order valence-corrected chi connectivity index (χ3v) is 6.87. The van der Waals surface area contributed by atoms with Crippen molar-refractivity contribution in [2.75, 3.05) is 0 Å². The first-order chi connectivity index (χ1) is 17.5. The van der Waals surface area contributed by atoms with E-state index >= 15 is 0 Å². The summed E-state index contributed by atoms with van der Waals surface area (Å²) in [5, 5.41) is 11.7. The van der Waals surface area contributed by atoms with Crippen LogP contribution in [-0.2, 0) is 22.6 Å². The average Bonchev–Trinajstić information content (AvgIpc) is 3.17. The van der Waals surface area contributed by atoms with Gasteiger partial charge in [-0.25, -0.2) is 4.39 Å². The highest BCUT2D eigenvalue weighted by atomic mass is 79.9. The fourth-order valence-electron chi connectivity index (χ4n) is 4.29. The summed E-state index contributed by atoms with van der Waals surface area (Å²) in [6.45, 7) is 2.97. The van der Waals surface area contributed by atoms with E-state index in [1.807, 2.05) is 6.07 Å². The normalized spacial score (nSPS) is 14.2. The Morgan fingerprint density at radius 1 is 1.05 bits per heavy atom. The van der Waals surface area contributed by atoms with Crippen molar-refractivity contribution in [3.8, 4) is 11.1 Å². The number of carbonyl (C=O) groups excluding carboxylic acids is 3. The van der Waals surface area contributed by atoms with Crippen LogP contribution < -0.4 is 5.32 Å². The highest BCUT2D eigenvalue weighted by Gasteiger charge is 2.37. The Morgan fingerprint density at radius 2 is 1.76 bits per heavy atom. The van der Waals surface area contributed by atoms with Crippen LogP contribution in [0.1, 0.15) is 45.7 Å². The van der Waals surface area contributed by atoms with Crippen molar-refractivity contribution in [3.63, 3.8) is 0 Å². The fraction of sp³-hybridized carbons (Fsp3) is 0.214. The number of rotatable bonds is 8. The topological polar surface area (TPSA) is 104 Å². The molecular weight excluding hydrogens is 543 g/mol. The molecule has 0 saturated carbocycles. The molecule has 1 aliphatic heterocycles. The van der Waals surface area contributed by atoms with Crippen LogP contribution >= 0.6 is 15.9 Å². The molecule has 0 saturated heterocycles. The number of Topliss-reactive ketones (excluding diaryl/α,β-unsaturated/α-hetero) is 1. The lowest BCUT2D eigenvalue weighted by Crippen LogP contribution is -2.51. The first-order valence-electron chi connectivity index (χ1n) is 11.6. The van der Waals surface area contributed by atoms with Crippen molar-refractivity contribution in [2.45, 2.75) is 38.9 Å². The summed E-state index contributed by atoms with van der Waals surface area (Å²) in [7, 11) is 0. The Balaban J connectivity index is 1.62. The van der Waals surface area contributed by atoms with Gasteiger partial charge in [-0.2, -0.15) is 0 Å². The number of halogens is 2. The lowest BCUT2D eigenvalue weighted by Gasteiger charge is -2.28. The second kappa shape index (κ2) is 10.6. The molecule has 190 valence electrons. The lowest BCUT2D eigenvalue weighted by molar-refractivity contribution is -0.142. The smallest absolute Gasteiger partial charge is 0.325 e. The number of amides is 2. The van der Waals surface area contributed by atoms with E-state index in [4.69, 9.17) is 0 Å². The van der Waals surface area contributed by atoms with Crippen LogP contribution in [0.4, 0.5) is 4.39 Å². The Kier molecular flexibility index (Phi) is 7.54. The van der Waals surface area contributed by atoms with Crippen molar-refractivity contribution >= 4 is 39.5 Å². The van der Waals surface area contributed by atoms with Gasteiger partial charge in [0.05, 0.1) is 0 Å². The van der Waals surface area contributed by atoms with E-state index < -0.39 is 29.8 Å². The standard InChI is InChI=1S/C28H24BrFN2O5/c1-15(28(36)37)31-26(34)25(32-14-20-12-21(29)8-9-22(20)27(32)35)11-17-3-5-18(6-4-17)23-13-19(16(2)33)7-10-24(23)30/h3-10,12-13,15,25H,11,14H2,1-2H3,(H,31,34)(H,36,37)/t15-,25-/m0/s1. The van der Waals surface area contributed by atoms with Gasteiger partial charge < -0.3 is 15.3 Å². The zero-order valence-corrected chi connectivity index (χ0v) is 21.7. The Hall–Kier alpha value is -3.85. The van der Waals surface area contributed by atoms with Crippen molar-refractivity contribution in [3.05, 3.63) is 93.2 Å². The van der Waals surface area contributed by atoms with Crippen molar-refractivity contribution in [2.24, 2.45) is 0 Å². The number of nitrogens with zero attached hydrogens (tertiary/aromatic N) is 1. The van der Waals surface area contributed by atoms with Gasteiger partial charge in [0.15, 0.2) is 5.78 Å². The molecular formula is C28H24BrFN2O5. The molecule has 0 aliphatic carbocycles. The Bertz CT molecular complexity index is 1410. The predicted molar refractivity (Wildman–Crippen MR) is 139 cm³/mol. The first-order valence-corrected chi connectivity index (χ1v) is 12.4. The maximum Gasteiger partial charge on any atom is 0.325 e. The third-order valence-electron chi connectivity index (χ3n) is 6.37. The van der Waals surface area contributed by atoms with E-state index in [0.29, 0.717) is 22.3 Å². The molecule has 4 rings (SSSR count). The fourth-order valence-corrected chi connectivity index (χ4v) is 4.70. The van der Waals surface area contributed by atoms with Crippen molar-refractivity contribution in [1.82, 2.24) is 10.2 Å². The molecule has 3 aromatic rings. The van der Waals surface area contributed by atoms with Gasteiger partial charge in [-0.3, -0.25) is 19.2 Å². The average molecular weight is 567 g/mol. The second-order valence-corrected chi connectivity index (χ2v) is 9.89. The van der Waals surface area contributed by atoms with E-state index in [2.05, 4.69) is 21.2 Å². The minimum absolute atomic E-state index is 0.120. The molecule has 0 unspecified atom stereocenters. The molecule has 7 nitrogen and oxygen atoms in total. The summed E-state index contributed by atoms with van der Waals surface area (Å²) >= 11 is 3.40. The molecule has 9 heteroatoms.